The number of hydrogen-bond acceptors (Lipinski definition) is 3. The standard InChI is InChI=1S/C16H32N2O/c1-12-8-13(2)14(15(17)9-12)10-18(3)11-16(19)6-4-5-7-16/h12-15,19H,4-11,17H2,1-3H3. The quantitative estimate of drug-likeness (QED) is 0.822. The SMILES string of the molecule is CC1CC(C)C(CN(C)CC2(O)CCCC2)C(N)C1. The molecule has 2 rings (SSSR count). The Morgan fingerprint density at radius 1 is 1.21 bits per heavy atom. The summed E-state index contributed by atoms with van der Waals surface area (Å²) < 4.78 is 0. The topological polar surface area (TPSA) is 49.5 Å². The first-order valence-corrected chi connectivity index (χ1v) is 8.06. The van der Waals surface area contributed by atoms with Gasteiger partial charge < -0.3 is 15.7 Å². The average Bonchev–Trinajstić information content (AvgIpc) is 2.70. The molecule has 4 atom stereocenters. The summed E-state index contributed by atoms with van der Waals surface area (Å²) in [7, 11) is 2.15. The minimum Gasteiger partial charge on any atom is -0.389 e. The van der Waals surface area contributed by atoms with E-state index in [9.17, 15) is 5.11 Å². The summed E-state index contributed by atoms with van der Waals surface area (Å²) in [5.41, 5.74) is 5.93. The first-order valence-electron chi connectivity index (χ1n) is 8.06. The van der Waals surface area contributed by atoms with Crippen molar-refractivity contribution in [1.29, 1.82) is 0 Å². The maximum Gasteiger partial charge on any atom is 0.0774 e. The first-order chi connectivity index (χ1) is 8.89. The summed E-state index contributed by atoms with van der Waals surface area (Å²) in [6, 6.07) is 0.333. The molecule has 0 bridgehead atoms. The highest BCUT2D eigenvalue weighted by Crippen LogP contribution is 2.34. The second-order valence-corrected chi connectivity index (χ2v) is 7.51. The molecule has 0 aromatic heterocycles. The molecule has 3 N–H and O–H groups in total. The maximum atomic E-state index is 10.5. The molecule has 0 aliphatic heterocycles. The van der Waals surface area contributed by atoms with E-state index in [1.165, 1.54) is 19.3 Å². The van der Waals surface area contributed by atoms with Crippen molar-refractivity contribution in [2.75, 3.05) is 20.1 Å². The normalized spacial score (nSPS) is 38.8. The average molecular weight is 268 g/mol. The number of nitrogens with two attached hydrogens (primary N) is 1. The van der Waals surface area contributed by atoms with Crippen molar-refractivity contribution in [3.8, 4) is 0 Å². The zero-order valence-electron chi connectivity index (χ0n) is 12.9. The summed E-state index contributed by atoms with van der Waals surface area (Å²) in [6.07, 6.45) is 6.77. The molecule has 4 unspecified atom stereocenters. The largest absolute Gasteiger partial charge is 0.389 e. The van der Waals surface area contributed by atoms with Gasteiger partial charge >= 0.3 is 0 Å². The number of aliphatic hydroxyl groups is 1. The van der Waals surface area contributed by atoms with E-state index in [0.29, 0.717) is 17.9 Å². The van der Waals surface area contributed by atoms with Crippen LogP contribution < -0.4 is 5.73 Å². The molecule has 0 heterocycles. The molecule has 0 aromatic rings. The molecule has 2 aliphatic carbocycles. The summed E-state index contributed by atoms with van der Waals surface area (Å²) in [6.45, 7) is 6.52. The van der Waals surface area contributed by atoms with Crippen molar-refractivity contribution in [1.82, 2.24) is 4.90 Å². The molecule has 19 heavy (non-hydrogen) atoms. The molecule has 0 aromatic carbocycles. The Kier molecular flexibility index (Phi) is 4.91. The van der Waals surface area contributed by atoms with Crippen molar-refractivity contribution in [3.63, 3.8) is 0 Å². The van der Waals surface area contributed by atoms with Crippen molar-refractivity contribution in [2.45, 2.75) is 64.0 Å². The monoisotopic (exact) mass is 268 g/mol. The van der Waals surface area contributed by atoms with Crippen LogP contribution >= 0.6 is 0 Å². The van der Waals surface area contributed by atoms with E-state index < -0.39 is 5.60 Å². The van der Waals surface area contributed by atoms with E-state index in [4.69, 9.17) is 5.73 Å². The predicted octanol–water partition coefficient (Wildman–Crippen LogP) is 2.23. The lowest BCUT2D eigenvalue weighted by molar-refractivity contribution is 0.00603. The van der Waals surface area contributed by atoms with E-state index in [1.807, 2.05) is 0 Å². The molecule has 0 saturated heterocycles. The fourth-order valence-electron chi connectivity index (χ4n) is 4.40. The third-order valence-electron chi connectivity index (χ3n) is 5.35. The molecule has 2 aliphatic rings. The Balaban J connectivity index is 1.85. The van der Waals surface area contributed by atoms with Gasteiger partial charge in [0.25, 0.3) is 0 Å². The van der Waals surface area contributed by atoms with Gasteiger partial charge in [0.2, 0.25) is 0 Å². The van der Waals surface area contributed by atoms with Crippen LogP contribution in [0, 0.1) is 17.8 Å². The molecule has 0 spiro atoms. The second kappa shape index (κ2) is 6.11. The van der Waals surface area contributed by atoms with Crippen molar-refractivity contribution < 1.29 is 5.11 Å². The number of hydrogen-bond donors (Lipinski definition) is 2. The van der Waals surface area contributed by atoms with Crippen molar-refractivity contribution in [3.05, 3.63) is 0 Å². The van der Waals surface area contributed by atoms with Gasteiger partial charge in [-0.05, 0) is 50.5 Å². The maximum absolute atomic E-state index is 10.5. The van der Waals surface area contributed by atoms with Gasteiger partial charge in [-0.3, -0.25) is 0 Å². The minimum absolute atomic E-state index is 0.333. The first kappa shape index (κ1) is 15.3. The Morgan fingerprint density at radius 2 is 1.84 bits per heavy atom. The van der Waals surface area contributed by atoms with Gasteiger partial charge in [-0.25, -0.2) is 0 Å². The van der Waals surface area contributed by atoms with Gasteiger partial charge in [-0.1, -0.05) is 26.7 Å². The molecular formula is C16H32N2O. The van der Waals surface area contributed by atoms with Gasteiger partial charge in [0, 0.05) is 19.1 Å². The van der Waals surface area contributed by atoms with E-state index in [-0.39, 0.29) is 0 Å². The summed E-state index contributed by atoms with van der Waals surface area (Å²) >= 11 is 0. The lowest BCUT2D eigenvalue weighted by Gasteiger charge is -2.40. The highest BCUT2D eigenvalue weighted by atomic mass is 16.3. The van der Waals surface area contributed by atoms with Gasteiger partial charge in [-0.2, -0.15) is 0 Å². The summed E-state index contributed by atoms with van der Waals surface area (Å²) in [5.74, 6) is 2.07. The van der Waals surface area contributed by atoms with Crippen LogP contribution in [0.3, 0.4) is 0 Å². The van der Waals surface area contributed by atoms with Crippen LogP contribution in [0.2, 0.25) is 0 Å². The van der Waals surface area contributed by atoms with Gasteiger partial charge in [0.15, 0.2) is 0 Å². The van der Waals surface area contributed by atoms with E-state index >= 15 is 0 Å². The van der Waals surface area contributed by atoms with Crippen molar-refractivity contribution >= 4 is 0 Å². The van der Waals surface area contributed by atoms with Gasteiger partial charge in [-0.15, -0.1) is 0 Å². The highest BCUT2D eigenvalue weighted by molar-refractivity contribution is 4.90. The Hall–Kier alpha value is -0.120. The van der Waals surface area contributed by atoms with Crippen LogP contribution in [0.4, 0.5) is 0 Å². The van der Waals surface area contributed by atoms with E-state index in [0.717, 1.165) is 38.3 Å². The molecule has 2 fully saturated rings. The molecule has 3 heteroatoms. The smallest absolute Gasteiger partial charge is 0.0774 e. The molecule has 112 valence electrons. The molecule has 0 radical (unpaired) electrons. The van der Waals surface area contributed by atoms with Crippen molar-refractivity contribution in [2.24, 2.45) is 23.5 Å². The van der Waals surface area contributed by atoms with E-state index in [1.54, 1.807) is 0 Å². The fourth-order valence-corrected chi connectivity index (χ4v) is 4.40. The predicted molar refractivity (Wildman–Crippen MR) is 79.9 cm³/mol. The van der Waals surface area contributed by atoms with Crippen LogP contribution in [-0.4, -0.2) is 41.8 Å². The zero-order chi connectivity index (χ0) is 14.0. The van der Waals surface area contributed by atoms with Crippen LogP contribution in [-0.2, 0) is 0 Å². The molecular weight excluding hydrogens is 236 g/mol. The lowest BCUT2D eigenvalue weighted by Crippen LogP contribution is -2.48. The fraction of sp³-hybridized carbons (Fsp3) is 1.00. The molecule has 3 nitrogen and oxygen atoms in total. The second-order valence-electron chi connectivity index (χ2n) is 7.51. The van der Waals surface area contributed by atoms with Gasteiger partial charge in [0.1, 0.15) is 0 Å². The summed E-state index contributed by atoms with van der Waals surface area (Å²) in [5, 5.41) is 10.5. The Labute approximate surface area is 118 Å². The lowest BCUT2D eigenvalue weighted by atomic mass is 9.72. The highest BCUT2D eigenvalue weighted by Gasteiger charge is 2.35. The van der Waals surface area contributed by atoms with Crippen LogP contribution in [0.15, 0.2) is 0 Å². The summed E-state index contributed by atoms with van der Waals surface area (Å²) in [4.78, 5) is 2.32. The zero-order valence-corrected chi connectivity index (χ0v) is 12.9. The number of nitrogens with zero attached hydrogens (tertiary/aromatic N) is 1. The number of likely N-dealkylation sites (N-methyl/N-ethyl adjacent to an activating group) is 1. The third-order valence-corrected chi connectivity index (χ3v) is 5.35. The number of rotatable bonds is 4. The van der Waals surface area contributed by atoms with Crippen LogP contribution in [0.1, 0.15) is 52.4 Å². The Bertz CT molecular complexity index is 276. The van der Waals surface area contributed by atoms with Gasteiger partial charge in [0.05, 0.1) is 5.60 Å². The van der Waals surface area contributed by atoms with Crippen LogP contribution in [0.5, 0.6) is 0 Å². The third kappa shape index (κ3) is 3.93. The minimum atomic E-state index is -0.427. The van der Waals surface area contributed by atoms with Crippen LogP contribution in [0.25, 0.3) is 0 Å². The Morgan fingerprint density at radius 3 is 2.42 bits per heavy atom. The molecule has 0 amide bonds. The van der Waals surface area contributed by atoms with E-state index in [2.05, 4.69) is 25.8 Å². The molecule has 2 saturated carbocycles.